The predicted molar refractivity (Wildman–Crippen MR) is 139 cm³/mol. The Morgan fingerprint density at radius 3 is 2.22 bits per heavy atom. The summed E-state index contributed by atoms with van der Waals surface area (Å²) in [5.74, 6) is -1.19. The van der Waals surface area contributed by atoms with Crippen LogP contribution in [-0.2, 0) is 26.2 Å². The van der Waals surface area contributed by atoms with E-state index in [0.717, 1.165) is 4.31 Å². The first-order valence-corrected chi connectivity index (χ1v) is 13.2. The fourth-order valence-electron chi connectivity index (χ4n) is 3.76. The largest absolute Gasteiger partial charge is 0.495 e. The molecular weight excluding hydrogens is 497 g/mol. The van der Waals surface area contributed by atoms with Crippen molar-refractivity contribution < 1.29 is 27.1 Å². The highest BCUT2D eigenvalue weighted by molar-refractivity contribution is 7.92. The van der Waals surface area contributed by atoms with Gasteiger partial charge in [0.25, 0.3) is 10.0 Å². The van der Waals surface area contributed by atoms with E-state index in [1.807, 2.05) is 0 Å². The van der Waals surface area contributed by atoms with Crippen LogP contribution in [0.15, 0.2) is 83.8 Å². The topological polar surface area (TPSA) is 96.0 Å². The molecule has 2 amide bonds. The molecule has 0 spiro atoms. The van der Waals surface area contributed by atoms with Crippen LogP contribution in [0.2, 0.25) is 0 Å². The molecule has 0 saturated heterocycles. The monoisotopic (exact) mass is 527 g/mol. The van der Waals surface area contributed by atoms with E-state index in [4.69, 9.17) is 4.74 Å². The predicted octanol–water partition coefficient (Wildman–Crippen LogP) is 3.58. The number of likely N-dealkylation sites (N-methyl/N-ethyl adjacent to an activating group) is 1. The summed E-state index contributed by atoms with van der Waals surface area (Å²) in [7, 11) is -2.79. The zero-order chi connectivity index (χ0) is 27.0. The highest BCUT2D eigenvalue weighted by Gasteiger charge is 2.33. The van der Waals surface area contributed by atoms with Crippen molar-refractivity contribution in [3.05, 3.63) is 90.2 Å². The van der Waals surface area contributed by atoms with Gasteiger partial charge in [0.05, 0.1) is 17.7 Å². The molecule has 1 N–H and O–H groups in total. The Bertz CT molecular complexity index is 1320. The van der Waals surface area contributed by atoms with E-state index in [1.54, 1.807) is 56.3 Å². The number of nitrogens with zero attached hydrogens (tertiary/aromatic N) is 2. The zero-order valence-electron chi connectivity index (χ0n) is 20.9. The Morgan fingerprint density at radius 2 is 1.59 bits per heavy atom. The van der Waals surface area contributed by atoms with Gasteiger partial charge in [-0.15, -0.1) is 0 Å². The minimum atomic E-state index is -4.19. The lowest BCUT2D eigenvalue weighted by atomic mass is 10.1. The highest BCUT2D eigenvalue weighted by Crippen LogP contribution is 2.32. The summed E-state index contributed by atoms with van der Waals surface area (Å²) in [5.41, 5.74) is 0.759. The number of sulfonamides is 1. The fourth-order valence-corrected chi connectivity index (χ4v) is 5.21. The van der Waals surface area contributed by atoms with E-state index in [2.05, 4.69) is 5.32 Å². The molecule has 0 fully saturated rings. The number of hydrogen-bond acceptors (Lipinski definition) is 5. The van der Waals surface area contributed by atoms with Gasteiger partial charge in [0.15, 0.2) is 0 Å². The van der Waals surface area contributed by atoms with E-state index >= 15 is 0 Å². The van der Waals surface area contributed by atoms with Crippen molar-refractivity contribution in [3.8, 4) is 5.75 Å². The molecule has 196 valence electrons. The number of benzene rings is 3. The lowest BCUT2D eigenvalue weighted by molar-refractivity contribution is -0.139. The molecule has 0 aliphatic rings. The molecule has 3 aromatic carbocycles. The third-order valence-electron chi connectivity index (χ3n) is 5.75. The minimum Gasteiger partial charge on any atom is -0.495 e. The number of carbonyl (C=O) groups is 2. The fraction of sp³-hybridized carbons (Fsp3) is 0.259. The second kappa shape index (κ2) is 12.4. The van der Waals surface area contributed by atoms with Crippen molar-refractivity contribution in [2.24, 2.45) is 0 Å². The first-order valence-electron chi connectivity index (χ1n) is 11.7. The molecule has 3 rings (SSSR count). The Morgan fingerprint density at radius 1 is 0.973 bits per heavy atom. The summed E-state index contributed by atoms with van der Waals surface area (Å²) in [5, 5.41) is 2.69. The molecule has 37 heavy (non-hydrogen) atoms. The van der Waals surface area contributed by atoms with Crippen LogP contribution in [0.1, 0.15) is 19.4 Å². The molecule has 10 heteroatoms. The molecule has 0 heterocycles. The van der Waals surface area contributed by atoms with Gasteiger partial charge in [-0.05, 0) is 55.8 Å². The molecule has 0 saturated carbocycles. The second-order valence-corrected chi connectivity index (χ2v) is 10.1. The maximum absolute atomic E-state index is 13.8. The summed E-state index contributed by atoms with van der Waals surface area (Å²) in [6.07, 6.45) is 0. The number of amides is 2. The van der Waals surface area contributed by atoms with Gasteiger partial charge in [0.1, 0.15) is 24.2 Å². The second-order valence-electron chi connectivity index (χ2n) is 8.22. The van der Waals surface area contributed by atoms with Gasteiger partial charge in [-0.3, -0.25) is 13.9 Å². The molecule has 8 nitrogen and oxygen atoms in total. The van der Waals surface area contributed by atoms with Crippen LogP contribution >= 0.6 is 0 Å². The van der Waals surface area contributed by atoms with Crippen LogP contribution < -0.4 is 14.4 Å². The van der Waals surface area contributed by atoms with Gasteiger partial charge >= 0.3 is 0 Å². The number of rotatable bonds is 11. The number of anilines is 1. The standard InChI is InChI=1S/C27H30FN3O5S/c1-4-29-27(33)20(2)30(18-21-14-16-22(28)17-15-21)26(32)19-31(24-12-8-9-13-25(24)36-3)37(34,35)23-10-6-5-7-11-23/h5-17,20H,4,18-19H2,1-3H3,(H,29,33). The van der Waals surface area contributed by atoms with E-state index in [0.29, 0.717) is 12.1 Å². The number of methoxy groups -OCH3 is 1. The molecule has 3 aromatic rings. The van der Waals surface area contributed by atoms with Crippen molar-refractivity contribution in [2.75, 3.05) is 24.5 Å². The first-order chi connectivity index (χ1) is 17.7. The van der Waals surface area contributed by atoms with Crippen LogP contribution in [0.25, 0.3) is 0 Å². The number of nitrogens with one attached hydrogen (secondary N) is 1. The quantitative estimate of drug-likeness (QED) is 0.411. The molecular formula is C27H30FN3O5S. The zero-order valence-corrected chi connectivity index (χ0v) is 21.7. The molecule has 0 aliphatic carbocycles. The van der Waals surface area contributed by atoms with Gasteiger partial charge in [-0.2, -0.15) is 0 Å². The Kier molecular flexibility index (Phi) is 9.24. The maximum atomic E-state index is 13.8. The van der Waals surface area contributed by atoms with Crippen molar-refractivity contribution >= 4 is 27.5 Å². The minimum absolute atomic E-state index is 0.00411. The summed E-state index contributed by atoms with van der Waals surface area (Å²) in [6, 6.07) is 18.9. The lowest BCUT2D eigenvalue weighted by Gasteiger charge is -2.32. The Hall–Kier alpha value is -3.92. The first kappa shape index (κ1) is 27.7. The molecule has 1 atom stereocenters. The molecule has 0 aliphatic heterocycles. The summed E-state index contributed by atoms with van der Waals surface area (Å²) < 4.78 is 47.3. The number of hydrogen-bond donors (Lipinski definition) is 1. The van der Waals surface area contributed by atoms with Crippen LogP contribution in [0.4, 0.5) is 10.1 Å². The Labute approximate surface area is 216 Å². The van der Waals surface area contributed by atoms with E-state index in [1.165, 1.54) is 48.4 Å². The van der Waals surface area contributed by atoms with Crippen LogP contribution in [0, 0.1) is 5.82 Å². The molecule has 0 radical (unpaired) electrons. The average Bonchev–Trinajstić information content (AvgIpc) is 2.91. The smallest absolute Gasteiger partial charge is 0.264 e. The van der Waals surface area contributed by atoms with Gasteiger partial charge in [-0.25, -0.2) is 12.8 Å². The van der Waals surface area contributed by atoms with Gasteiger partial charge in [0, 0.05) is 13.1 Å². The Balaban J connectivity index is 2.05. The van der Waals surface area contributed by atoms with Gasteiger partial charge < -0.3 is 15.0 Å². The third kappa shape index (κ3) is 6.65. The van der Waals surface area contributed by atoms with Crippen molar-refractivity contribution in [2.45, 2.75) is 31.3 Å². The lowest BCUT2D eigenvalue weighted by Crippen LogP contribution is -2.51. The van der Waals surface area contributed by atoms with Crippen LogP contribution in [0.5, 0.6) is 5.75 Å². The molecule has 0 bridgehead atoms. The highest BCUT2D eigenvalue weighted by atomic mass is 32.2. The van der Waals surface area contributed by atoms with Gasteiger partial charge in [0.2, 0.25) is 11.8 Å². The normalized spacial score (nSPS) is 11.9. The number of ether oxygens (including phenoxy) is 1. The molecule has 0 aromatic heterocycles. The van der Waals surface area contributed by atoms with Crippen molar-refractivity contribution in [1.82, 2.24) is 10.2 Å². The third-order valence-corrected chi connectivity index (χ3v) is 7.52. The number of para-hydroxylation sites is 2. The molecule has 1 unspecified atom stereocenters. The van der Waals surface area contributed by atoms with Crippen molar-refractivity contribution in [1.29, 1.82) is 0 Å². The van der Waals surface area contributed by atoms with E-state index in [9.17, 15) is 22.4 Å². The van der Waals surface area contributed by atoms with Crippen LogP contribution in [0.3, 0.4) is 0 Å². The number of carbonyl (C=O) groups excluding carboxylic acids is 2. The summed E-state index contributed by atoms with van der Waals surface area (Å²) in [6.45, 7) is 3.06. The number of halogens is 1. The SMILES string of the molecule is CCNC(=O)C(C)N(Cc1ccc(F)cc1)C(=O)CN(c1ccccc1OC)S(=O)(=O)c1ccccc1. The van der Waals surface area contributed by atoms with Gasteiger partial charge in [-0.1, -0.05) is 42.5 Å². The van der Waals surface area contributed by atoms with E-state index < -0.39 is 40.2 Å². The van der Waals surface area contributed by atoms with Crippen LogP contribution in [-0.4, -0.2) is 51.4 Å². The average molecular weight is 528 g/mol. The van der Waals surface area contributed by atoms with Crippen molar-refractivity contribution in [3.63, 3.8) is 0 Å². The summed E-state index contributed by atoms with van der Waals surface area (Å²) in [4.78, 5) is 27.7. The van der Waals surface area contributed by atoms with E-state index in [-0.39, 0.29) is 22.9 Å². The summed E-state index contributed by atoms with van der Waals surface area (Å²) >= 11 is 0. The maximum Gasteiger partial charge on any atom is 0.264 e.